The topological polar surface area (TPSA) is 50.1 Å². The van der Waals surface area contributed by atoms with Gasteiger partial charge in [-0.1, -0.05) is 13.8 Å². The first-order valence-electron chi connectivity index (χ1n) is 8.17. The highest BCUT2D eigenvalue weighted by Gasteiger charge is 2.23. The number of hydrogen-bond acceptors (Lipinski definition) is 3. The molecule has 0 amide bonds. The lowest BCUT2D eigenvalue weighted by atomic mass is 9.94. The molecule has 2 N–H and O–H groups in total. The summed E-state index contributed by atoms with van der Waals surface area (Å²) in [4.78, 5) is 0. The van der Waals surface area contributed by atoms with Gasteiger partial charge in [-0.3, -0.25) is 4.68 Å². The van der Waals surface area contributed by atoms with Crippen molar-refractivity contribution in [1.82, 2.24) is 15.1 Å². The second-order valence-electron chi connectivity index (χ2n) is 6.93. The zero-order chi connectivity index (χ0) is 16.2. The summed E-state index contributed by atoms with van der Waals surface area (Å²) >= 11 is 0. The Morgan fingerprint density at radius 2 is 1.90 bits per heavy atom. The third-order valence-corrected chi connectivity index (χ3v) is 4.22. The fourth-order valence-electron chi connectivity index (χ4n) is 2.81. The van der Waals surface area contributed by atoms with Crippen LogP contribution in [0.15, 0.2) is 0 Å². The SMILES string of the molecule is CCn1nc(C)c(C(C)NCC(C)(O)CCC(C)C)c1C. The van der Waals surface area contributed by atoms with E-state index < -0.39 is 5.60 Å². The van der Waals surface area contributed by atoms with Crippen LogP contribution in [0.4, 0.5) is 0 Å². The van der Waals surface area contributed by atoms with Crippen molar-refractivity contribution in [3.63, 3.8) is 0 Å². The normalized spacial score (nSPS) is 16.2. The number of nitrogens with zero attached hydrogens (tertiary/aromatic N) is 2. The van der Waals surface area contributed by atoms with Crippen molar-refractivity contribution in [3.8, 4) is 0 Å². The molecule has 0 bridgehead atoms. The largest absolute Gasteiger partial charge is 0.389 e. The molecular formula is C17H33N3O. The number of aryl methyl sites for hydroxylation is 2. The average molecular weight is 295 g/mol. The second kappa shape index (κ2) is 7.41. The first kappa shape index (κ1) is 18.2. The van der Waals surface area contributed by atoms with E-state index >= 15 is 0 Å². The molecule has 0 saturated heterocycles. The molecule has 1 aromatic heterocycles. The quantitative estimate of drug-likeness (QED) is 0.773. The molecule has 0 aliphatic rings. The van der Waals surface area contributed by atoms with E-state index in [0.29, 0.717) is 12.5 Å². The van der Waals surface area contributed by atoms with E-state index in [1.807, 2.05) is 11.6 Å². The minimum absolute atomic E-state index is 0.204. The lowest BCUT2D eigenvalue weighted by molar-refractivity contribution is 0.0430. The van der Waals surface area contributed by atoms with Gasteiger partial charge in [-0.05, 0) is 53.4 Å². The van der Waals surface area contributed by atoms with Crippen molar-refractivity contribution < 1.29 is 5.11 Å². The first-order chi connectivity index (χ1) is 9.68. The van der Waals surface area contributed by atoms with Gasteiger partial charge in [-0.2, -0.15) is 5.10 Å². The summed E-state index contributed by atoms with van der Waals surface area (Å²) in [5.41, 5.74) is 2.91. The van der Waals surface area contributed by atoms with E-state index in [4.69, 9.17) is 0 Å². The van der Waals surface area contributed by atoms with Gasteiger partial charge in [0.05, 0.1) is 11.3 Å². The van der Waals surface area contributed by atoms with Crippen LogP contribution in [0.25, 0.3) is 0 Å². The molecule has 0 aromatic carbocycles. The molecule has 0 saturated carbocycles. The Bertz CT molecular complexity index is 449. The number of aliphatic hydroxyl groups is 1. The Labute approximate surface area is 129 Å². The van der Waals surface area contributed by atoms with Crippen LogP contribution in [0.5, 0.6) is 0 Å². The Hall–Kier alpha value is -0.870. The van der Waals surface area contributed by atoms with Gasteiger partial charge < -0.3 is 10.4 Å². The van der Waals surface area contributed by atoms with E-state index in [-0.39, 0.29) is 6.04 Å². The third-order valence-electron chi connectivity index (χ3n) is 4.22. The zero-order valence-electron chi connectivity index (χ0n) is 14.8. The molecule has 21 heavy (non-hydrogen) atoms. The van der Waals surface area contributed by atoms with Gasteiger partial charge >= 0.3 is 0 Å². The average Bonchev–Trinajstić information content (AvgIpc) is 2.69. The van der Waals surface area contributed by atoms with Crippen LogP contribution in [0.1, 0.15) is 70.5 Å². The predicted octanol–water partition coefficient (Wildman–Crippen LogP) is 3.36. The number of rotatable bonds is 8. The van der Waals surface area contributed by atoms with Gasteiger partial charge in [0.15, 0.2) is 0 Å². The fourth-order valence-corrected chi connectivity index (χ4v) is 2.81. The summed E-state index contributed by atoms with van der Waals surface area (Å²) in [5, 5.41) is 18.5. The van der Waals surface area contributed by atoms with Gasteiger partial charge in [-0.15, -0.1) is 0 Å². The van der Waals surface area contributed by atoms with Crippen LogP contribution < -0.4 is 5.32 Å². The molecule has 4 heteroatoms. The molecule has 0 aliphatic heterocycles. The molecule has 1 heterocycles. The lowest BCUT2D eigenvalue weighted by Gasteiger charge is -2.27. The van der Waals surface area contributed by atoms with Gasteiger partial charge in [-0.25, -0.2) is 0 Å². The molecule has 122 valence electrons. The van der Waals surface area contributed by atoms with Gasteiger partial charge in [0.25, 0.3) is 0 Å². The van der Waals surface area contributed by atoms with E-state index in [0.717, 1.165) is 25.1 Å². The minimum Gasteiger partial charge on any atom is -0.389 e. The van der Waals surface area contributed by atoms with Crippen LogP contribution in [0.2, 0.25) is 0 Å². The lowest BCUT2D eigenvalue weighted by Crippen LogP contribution is -2.39. The Kier molecular flexibility index (Phi) is 6.41. The van der Waals surface area contributed by atoms with Crippen molar-refractivity contribution in [3.05, 3.63) is 17.0 Å². The van der Waals surface area contributed by atoms with Crippen LogP contribution in [0.3, 0.4) is 0 Å². The summed E-state index contributed by atoms with van der Waals surface area (Å²) in [6.45, 7) is 16.2. The Morgan fingerprint density at radius 1 is 1.29 bits per heavy atom. The number of nitrogens with one attached hydrogen (secondary N) is 1. The molecular weight excluding hydrogens is 262 g/mol. The smallest absolute Gasteiger partial charge is 0.0743 e. The first-order valence-corrected chi connectivity index (χ1v) is 8.17. The maximum atomic E-state index is 10.5. The molecule has 1 rings (SSSR count). The minimum atomic E-state index is -0.652. The number of hydrogen-bond donors (Lipinski definition) is 2. The molecule has 4 nitrogen and oxygen atoms in total. The van der Waals surface area contributed by atoms with Gasteiger partial charge in [0, 0.05) is 30.4 Å². The van der Waals surface area contributed by atoms with Crippen molar-refractivity contribution in [2.45, 2.75) is 79.5 Å². The third kappa shape index (κ3) is 5.11. The highest BCUT2D eigenvalue weighted by atomic mass is 16.3. The molecule has 0 radical (unpaired) electrons. The van der Waals surface area contributed by atoms with Gasteiger partial charge in [0.1, 0.15) is 0 Å². The van der Waals surface area contributed by atoms with Gasteiger partial charge in [0.2, 0.25) is 0 Å². The van der Waals surface area contributed by atoms with Crippen molar-refractivity contribution >= 4 is 0 Å². The van der Waals surface area contributed by atoms with Crippen LogP contribution in [0, 0.1) is 19.8 Å². The molecule has 2 unspecified atom stereocenters. The Morgan fingerprint density at radius 3 is 2.38 bits per heavy atom. The van der Waals surface area contributed by atoms with E-state index in [1.54, 1.807) is 0 Å². The molecule has 0 spiro atoms. The predicted molar refractivity (Wildman–Crippen MR) is 88.5 cm³/mol. The van der Waals surface area contributed by atoms with Crippen molar-refractivity contribution in [2.75, 3.05) is 6.54 Å². The van der Waals surface area contributed by atoms with Crippen LogP contribution in [-0.2, 0) is 6.54 Å². The van der Waals surface area contributed by atoms with Crippen LogP contribution in [-0.4, -0.2) is 27.0 Å². The molecule has 0 aliphatic carbocycles. The molecule has 1 aromatic rings. The van der Waals surface area contributed by atoms with E-state index in [1.165, 1.54) is 11.3 Å². The summed E-state index contributed by atoms with van der Waals surface area (Å²) in [5.74, 6) is 0.626. The van der Waals surface area contributed by atoms with Crippen molar-refractivity contribution in [1.29, 1.82) is 0 Å². The summed E-state index contributed by atoms with van der Waals surface area (Å²) < 4.78 is 2.04. The summed E-state index contributed by atoms with van der Waals surface area (Å²) in [6.07, 6.45) is 1.88. The van der Waals surface area contributed by atoms with Crippen molar-refractivity contribution in [2.24, 2.45) is 5.92 Å². The van der Waals surface area contributed by atoms with Crippen LogP contribution >= 0.6 is 0 Å². The standard InChI is InChI=1S/C17H33N3O/c1-8-20-15(6)16(14(5)19-20)13(4)18-11-17(7,21)10-9-12(2)3/h12-13,18,21H,8-11H2,1-7H3. The fraction of sp³-hybridized carbons (Fsp3) is 0.824. The second-order valence-corrected chi connectivity index (χ2v) is 6.93. The number of aromatic nitrogens is 2. The Balaban J connectivity index is 2.65. The van der Waals surface area contributed by atoms with E-state index in [9.17, 15) is 5.11 Å². The zero-order valence-corrected chi connectivity index (χ0v) is 14.8. The monoisotopic (exact) mass is 295 g/mol. The highest BCUT2D eigenvalue weighted by molar-refractivity contribution is 5.27. The molecule has 2 atom stereocenters. The highest BCUT2D eigenvalue weighted by Crippen LogP contribution is 2.23. The molecule has 0 fully saturated rings. The maximum absolute atomic E-state index is 10.5. The summed E-state index contributed by atoms with van der Waals surface area (Å²) in [7, 11) is 0. The summed E-state index contributed by atoms with van der Waals surface area (Å²) in [6, 6.07) is 0.204. The van der Waals surface area contributed by atoms with E-state index in [2.05, 4.69) is 52.0 Å². The maximum Gasteiger partial charge on any atom is 0.0743 e.